The topological polar surface area (TPSA) is 49.3 Å². The number of Topliss-reactive ketones (excluding diaryl/α,β-unsaturated/α-hetero) is 1. The molecule has 1 aliphatic rings. The van der Waals surface area contributed by atoms with Crippen LogP contribution in [0.3, 0.4) is 0 Å². The number of aliphatic hydroxyl groups is 1. The molecule has 1 aromatic carbocycles. The fourth-order valence-electron chi connectivity index (χ4n) is 2.16. The average Bonchev–Trinajstić information content (AvgIpc) is 2.78. The summed E-state index contributed by atoms with van der Waals surface area (Å²) in [5.41, 5.74) is 0.775. The van der Waals surface area contributed by atoms with Gasteiger partial charge in [0.25, 0.3) is 0 Å². The van der Waals surface area contributed by atoms with Gasteiger partial charge in [0.05, 0.1) is 0 Å². The minimum absolute atomic E-state index is 0.177. The van der Waals surface area contributed by atoms with Crippen LogP contribution in [-0.2, 0) is 0 Å². The number of ketones is 1. The number of benzene rings is 1. The number of carbonyl (C=O) groups is 1. The highest BCUT2D eigenvalue weighted by Crippen LogP contribution is 2.17. The molecule has 86 valence electrons. The summed E-state index contributed by atoms with van der Waals surface area (Å²) in [7, 11) is 0. The van der Waals surface area contributed by atoms with E-state index in [9.17, 15) is 4.79 Å². The largest absolute Gasteiger partial charge is 0.396 e. The fourth-order valence-corrected chi connectivity index (χ4v) is 2.16. The predicted molar refractivity (Wildman–Crippen MR) is 62.4 cm³/mol. The van der Waals surface area contributed by atoms with Crippen LogP contribution in [0, 0.1) is 5.92 Å². The zero-order valence-electron chi connectivity index (χ0n) is 9.23. The smallest absolute Gasteiger partial charge is 0.164 e. The van der Waals surface area contributed by atoms with Gasteiger partial charge in [-0.05, 0) is 12.3 Å². The Labute approximate surface area is 95.5 Å². The van der Waals surface area contributed by atoms with E-state index < -0.39 is 0 Å². The van der Waals surface area contributed by atoms with Gasteiger partial charge in [-0.15, -0.1) is 0 Å². The van der Waals surface area contributed by atoms with E-state index in [1.165, 1.54) is 0 Å². The molecule has 1 aromatic rings. The first-order chi connectivity index (χ1) is 7.79. The van der Waals surface area contributed by atoms with Gasteiger partial charge in [0, 0.05) is 31.2 Å². The van der Waals surface area contributed by atoms with Crippen LogP contribution in [0.15, 0.2) is 30.3 Å². The lowest BCUT2D eigenvalue weighted by atomic mass is 10.00. The van der Waals surface area contributed by atoms with Crippen molar-refractivity contribution in [3.8, 4) is 0 Å². The predicted octanol–water partition coefficient (Wildman–Crippen LogP) is 1.23. The van der Waals surface area contributed by atoms with Crippen LogP contribution in [-0.4, -0.2) is 30.1 Å². The zero-order chi connectivity index (χ0) is 11.4. The number of carbonyl (C=O) groups excluding carboxylic acids is 1. The third-order valence-electron chi connectivity index (χ3n) is 3.10. The van der Waals surface area contributed by atoms with Gasteiger partial charge in [-0.1, -0.05) is 30.3 Å². The molecule has 0 spiro atoms. The van der Waals surface area contributed by atoms with E-state index in [0.29, 0.717) is 12.3 Å². The van der Waals surface area contributed by atoms with Gasteiger partial charge in [-0.3, -0.25) is 4.79 Å². The number of hydrogen-bond acceptors (Lipinski definition) is 3. The second kappa shape index (κ2) is 5.23. The van der Waals surface area contributed by atoms with E-state index in [1.54, 1.807) is 0 Å². The van der Waals surface area contributed by atoms with Crippen molar-refractivity contribution < 1.29 is 9.90 Å². The van der Waals surface area contributed by atoms with Crippen molar-refractivity contribution in [2.75, 3.05) is 13.2 Å². The molecule has 2 atom stereocenters. The Morgan fingerprint density at radius 2 is 2.12 bits per heavy atom. The van der Waals surface area contributed by atoms with E-state index in [2.05, 4.69) is 5.32 Å². The number of rotatable bonds is 4. The lowest BCUT2D eigenvalue weighted by Gasteiger charge is -2.09. The molecule has 0 saturated carbocycles. The van der Waals surface area contributed by atoms with Crippen LogP contribution >= 0.6 is 0 Å². The molecule has 0 bridgehead atoms. The Morgan fingerprint density at radius 3 is 2.75 bits per heavy atom. The van der Waals surface area contributed by atoms with Gasteiger partial charge in [0.1, 0.15) is 0 Å². The summed E-state index contributed by atoms with van der Waals surface area (Å²) in [5, 5.41) is 12.3. The Balaban J connectivity index is 1.89. The molecule has 3 heteroatoms. The first-order valence-corrected chi connectivity index (χ1v) is 5.72. The molecule has 1 saturated heterocycles. The summed E-state index contributed by atoms with van der Waals surface area (Å²) in [5.74, 6) is 0.491. The molecule has 2 N–H and O–H groups in total. The maximum atomic E-state index is 11.9. The molecule has 0 radical (unpaired) electrons. The van der Waals surface area contributed by atoms with Gasteiger partial charge in [0.15, 0.2) is 5.78 Å². The SMILES string of the molecule is O=C(CC1CC(CO)CN1)c1ccccc1. The number of aliphatic hydroxyl groups excluding tert-OH is 1. The molecule has 1 fully saturated rings. The summed E-state index contributed by atoms with van der Waals surface area (Å²) in [6.07, 6.45) is 1.43. The van der Waals surface area contributed by atoms with Crippen LogP contribution in [0.4, 0.5) is 0 Å². The van der Waals surface area contributed by atoms with Crippen molar-refractivity contribution >= 4 is 5.78 Å². The molecule has 1 heterocycles. The van der Waals surface area contributed by atoms with Crippen molar-refractivity contribution in [1.82, 2.24) is 5.32 Å². The Hall–Kier alpha value is -1.19. The van der Waals surface area contributed by atoms with E-state index in [4.69, 9.17) is 5.11 Å². The van der Waals surface area contributed by atoms with Crippen LogP contribution in [0.1, 0.15) is 23.2 Å². The van der Waals surface area contributed by atoms with E-state index in [-0.39, 0.29) is 18.4 Å². The number of hydrogen-bond donors (Lipinski definition) is 2. The second-order valence-electron chi connectivity index (χ2n) is 4.38. The molecule has 0 aliphatic carbocycles. The Kier molecular flexibility index (Phi) is 3.70. The maximum Gasteiger partial charge on any atom is 0.164 e. The third-order valence-corrected chi connectivity index (χ3v) is 3.10. The monoisotopic (exact) mass is 219 g/mol. The Bertz CT molecular complexity index is 350. The summed E-state index contributed by atoms with van der Waals surface area (Å²) in [4.78, 5) is 11.9. The van der Waals surface area contributed by atoms with Crippen molar-refractivity contribution in [3.63, 3.8) is 0 Å². The van der Waals surface area contributed by atoms with Crippen molar-refractivity contribution in [3.05, 3.63) is 35.9 Å². The molecule has 0 amide bonds. The highest BCUT2D eigenvalue weighted by atomic mass is 16.3. The maximum absolute atomic E-state index is 11.9. The zero-order valence-corrected chi connectivity index (χ0v) is 9.23. The molecular weight excluding hydrogens is 202 g/mol. The van der Waals surface area contributed by atoms with Crippen LogP contribution in [0.2, 0.25) is 0 Å². The van der Waals surface area contributed by atoms with Crippen molar-refractivity contribution in [2.24, 2.45) is 5.92 Å². The van der Waals surface area contributed by atoms with Crippen molar-refractivity contribution in [1.29, 1.82) is 0 Å². The molecule has 1 aliphatic heterocycles. The summed E-state index contributed by atoms with van der Waals surface area (Å²) in [6, 6.07) is 9.59. The number of nitrogens with one attached hydrogen (secondary N) is 1. The normalized spacial score (nSPS) is 24.6. The Morgan fingerprint density at radius 1 is 1.38 bits per heavy atom. The lowest BCUT2D eigenvalue weighted by molar-refractivity contribution is 0.0970. The first-order valence-electron chi connectivity index (χ1n) is 5.72. The summed E-state index contributed by atoms with van der Waals surface area (Å²) >= 11 is 0. The minimum Gasteiger partial charge on any atom is -0.396 e. The average molecular weight is 219 g/mol. The van der Waals surface area contributed by atoms with Gasteiger partial charge < -0.3 is 10.4 Å². The highest BCUT2D eigenvalue weighted by Gasteiger charge is 2.25. The van der Waals surface area contributed by atoms with Gasteiger partial charge in [0.2, 0.25) is 0 Å². The first kappa shape index (κ1) is 11.3. The van der Waals surface area contributed by atoms with Gasteiger partial charge in [-0.25, -0.2) is 0 Å². The third kappa shape index (κ3) is 2.68. The van der Waals surface area contributed by atoms with Crippen molar-refractivity contribution in [2.45, 2.75) is 18.9 Å². The standard InChI is InChI=1S/C13H17NO2/c15-9-10-6-12(14-8-10)7-13(16)11-4-2-1-3-5-11/h1-5,10,12,14-15H,6-9H2. The molecule has 16 heavy (non-hydrogen) atoms. The lowest BCUT2D eigenvalue weighted by Crippen LogP contribution is -2.24. The molecule has 2 rings (SSSR count). The van der Waals surface area contributed by atoms with Crippen LogP contribution < -0.4 is 5.32 Å². The molecule has 2 unspecified atom stereocenters. The van der Waals surface area contributed by atoms with Crippen LogP contribution in [0.5, 0.6) is 0 Å². The second-order valence-corrected chi connectivity index (χ2v) is 4.38. The molecule has 3 nitrogen and oxygen atoms in total. The van der Waals surface area contributed by atoms with Gasteiger partial charge in [-0.2, -0.15) is 0 Å². The fraction of sp³-hybridized carbons (Fsp3) is 0.462. The summed E-state index contributed by atoms with van der Waals surface area (Å²) in [6.45, 7) is 1.03. The van der Waals surface area contributed by atoms with Gasteiger partial charge >= 0.3 is 0 Å². The molecule has 0 aromatic heterocycles. The van der Waals surface area contributed by atoms with E-state index in [0.717, 1.165) is 18.5 Å². The highest BCUT2D eigenvalue weighted by molar-refractivity contribution is 5.96. The minimum atomic E-state index is 0.177. The molecular formula is C13H17NO2. The quantitative estimate of drug-likeness (QED) is 0.749. The van der Waals surface area contributed by atoms with E-state index in [1.807, 2.05) is 30.3 Å². The summed E-state index contributed by atoms with van der Waals surface area (Å²) < 4.78 is 0. The van der Waals surface area contributed by atoms with Crippen LogP contribution in [0.25, 0.3) is 0 Å². The van der Waals surface area contributed by atoms with E-state index >= 15 is 0 Å².